The number of hydrogen-bond donors (Lipinski definition) is 0. The molecule has 33 heavy (non-hydrogen) atoms. The molecule has 0 N–H and O–H groups in total. The molecule has 4 rings (SSSR count). The smallest absolute Gasteiger partial charge is 0.243 e. The molecule has 0 spiro atoms. The van der Waals surface area contributed by atoms with Crippen molar-refractivity contribution in [2.45, 2.75) is 36.1 Å². The van der Waals surface area contributed by atoms with E-state index < -0.39 is 15.3 Å². The highest BCUT2D eigenvalue weighted by Crippen LogP contribution is 2.27. The molecule has 2 aromatic carbocycles. The standard InChI is InChI=1S/C22H26N6O3S2/c1-16-8-7-11-20(17(16)2)28-22(23-24-25-28)32-18(3)21(29)26-12-14-27(15-13-26)33(30,31)19-9-5-4-6-10-19/h4-11,18H,12-15H2,1-3H3. The highest BCUT2D eigenvalue weighted by molar-refractivity contribution is 8.00. The van der Waals surface area contributed by atoms with Crippen LogP contribution in [0.4, 0.5) is 0 Å². The summed E-state index contributed by atoms with van der Waals surface area (Å²) in [5.41, 5.74) is 3.08. The van der Waals surface area contributed by atoms with Crippen molar-refractivity contribution in [1.82, 2.24) is 29.4 Å². The van der Waals surface area contributed by atoms with E-state index >= 15 is 0 Å². The molecule has 1 saturated heterocycles. The quantitative estimate of drug-likeness (QED) is 0.493. The average Bonchev–Trinajstić information content (AvgIpc) is 3.28. The monoisotopic (exact) mass is 486 g/mol. The van der Waals surface area contributed by atoms with Gasteiger partial charge in [0.25, 0.3) is 0 Å². The second kappa shape index (κ2) is 9.62. The third-order valence-corrected chi connectivity index (χ3v) is 8.74. The maximum absolute atomic E-state index is 13.1. The van der Waals surface area contributed by atoms with Crippen LogP contribution < -0.4 is 0 Å². The Bertz CT molecular complexity index is 1240. The van der Waals surface area contributed by atoms with Crippen LogP contribution in [0.25, 0.3) is 5.69 Å². The van der Waals surface area contributed by atoms with Crippen molar-refractivity contribution >= 4 is 27.7 Å². The van der Waals surface area contributed by atoms with Crippen LogP contribution in [-0.2, 0) is 14.8 Å². The van der Waals surface area contributed by atoms with Gasteiger partial charge in [0.15, 0.2) is 0 Å². The first-order valence-electron chi connectivity index (χ1n) is 10.6. The number of benzene rings is 2. The fourth-order valence-corrected chi connectivity index (χ4v) is 6.05. The number of piperazine rings is 1. The van der Waals surface area contributed by atoms with Gasteiger partial charge < -0.3 is 4.90 Å². The molecule has 1 aliphatic rings. The van der Waals surface area contributed by atoms with Gasteiger partial charge in [0, 0.05) is 26.2 Å². The molecule has 0 aliphatic carbocycles. The Balaban J connectivity index is 1.41. The van der Waals surface area contributed by atoms with Crippen molar-refractivity contribution in [3.63, 3.8) is 0 Å². The van der Waals surface area contributed by atoms with Crippen LogP contribution in [0.2, 0.25) is 0 Å². The Morgan fingerprint density at radius 2 is 1.70 bits per heavy atom. The second-order valence-corrected chi connectivity index (χ2v) is 11.1. The number of carbonyl (C=O) groups is 1. The van der Waals surface area contributed by atoms with E-state index in [0.29, 0.717) is 18.2 Å². The summed E-state index contributed by atoms with van der Waals surface area (Å²) in [7, 11) is -3.56. The highest BCUT2D eigenvalue weighted by Gasteiger charge is 2.32. The van der Waals surface area contributed by atoms with Crippen LogP contribution >= 0.6 is 11.8 Å². The molecule has 9 nitrogen and oxygen atoms in total. The number of aromatic nitrogens is 4. The minimum Gasteiger partial charge on any atom is -0.339 e. The molecule has 174 valence electrons. The topological polar surface area (TPSA) is 101 Å². The third kappa shape index (κ3) is 4.80. The fraction of sp³-hybridized carbons (Fsp3) is 0.364. The summed E-state index contributed by atoms with van der Waals surface area (Å²) in [4.78, 5) is 15.1. The van der Waals surface area contributed by atoms with Crippen molar-refractivity contribution in [2.24, 2.45) is 0 Å². The molecule has 1 amide bonds. The van der Waals surface area contributed by atoms with Gasteiger partial charge in [-0.15, -0.1) is 5.10 Å². The molecule has 1 atom stereocenters. The predicted octanol–water partition coefficient (Wildman–Crippen LogP) is 2.29. The summed E-state index contributed by atoms with van der Waals surface area (Å²) < 4.78 is 28.7. The Labute approximate surface area is 197 Å². The van der Waals surface area contributed by atoms with Gasteiger partial charge in [0.1, 0.15) is 0 Å². The van der Waals surface area contributed by atoms with Crippen molar-refractivity contribution in [3.05, 3.63) is 59.7 Å². The largest absolute Gasteiger partial charge is 0.339 e. The molecule has 1 fully saturated rings. The summed E-state index contributed by atoms with van der Waals surface area (Å²) >= 11 is 1.30. The molecule has 1 aliphatic heterocycles. The zero-order chi connectivity index (χ0) is 23.6. The van der Waals surface area contributed by atoms with Gasteiger partial charge in [-0.25, -0.2) is 8.42 Å². The summed E-state index contributed by atoms with van der Waals surface area (Å²) in [5.74, 6) is -0.0627. The van der Waals surface area contributed by atoms with Crippen LogP contribution in [0.5, 0.6) is 0 Å². The number of aryl methyl sites for hydroxylation is 1. The molecule has 0 radical (unpaired) electrons. The van der Waals surface area contributed by atoms with Crippen molar-refractivity contribution in [3.8, 4) is 5.69 Å². The van der Waals surface area contributed by atoms with Crippen molar-refractivity contribution in [1.29, 1.82) is 0 Å². The number of hydrogen-bond acceptors (Lipinski definition) is 7. The molecule has 1 unspecified atom stereocenters. The van der Waals surface area contributed by atoms with Crippen LogP contribution in [0.15, 0.2) is 58.6 Å². The molecule has 3 aromatic rings. The molecule has 1 aromatic heterocycles. The molecular formula is C22H26N6O3S2. The van der Waals surface area contributed by atoms with Gasteiger partial charge in [0.05, 0.1) is 15.8 Å². The Morgan fingerprint density at radius 1 is 1.00 bits per heavy atom. The number of tetrazole rings is 1. The van der Waals surface area contributed by atoms with E-state index in [2.05, 4.69) is 15.5 Å². The van der Waals surface area contributed by atoms with E-state index in [1.165, 1.54) is 16.1 Å². The molecule has 0 saturated carbocycles. The Morgan fingerprint density at radius 3 is 2.39 bits per heavy atom. The minimum absolute atomic E-state index is 0.0627. The first-order valence-corrected chi connectivity index (χ1v) is 13.0. The predicted molar refractivity (Wildman–Crippen MR) is 126 cm³/mol. The van der Waals surface area contributed by atoms with Crippen LogP contribution in [0.3, 0.4) is 0 Å². The van der Waals surface area contributed by atoms with Gasteiger partial charge in [-0.1, -0.05) is 42.1 Å². The van der Waals surface area contributed by atoms with E-state index in [4.69, 9.17) is 0 Å². The van der Waals surface area contributed by atoms with Crippen LogP contribution in [0.1, 0.15) is 18.1 Å². The number of sulfonamides is 1. The van der Waals surface area contributed by atoms with E-state index in [0.717, 1.165) is 16.8 Å². The van der Waals surface area contributed by atoms with Crippen LogP contribution in [0, 0.1) is 13.8 Å². The number of thioether (sulfide) groups is 1. The van der Waals surface area contributed by atoms with Gasteiger partial charge in [-0.3, -0.25) is 4.79 Å². The average molecular weight is 487 g/mol. The molecular weight excluding hydrogens is 460 g/mol. The SMILES string of the molecule is Cc1cccc(-n2nnnc2SC(C)C(=O)N2CCN(S(=O)(=O)c3ccccc3)CC2)c1C. The molecule has 2 heterocycles. The lowest BCUT2D eigenvalue weighted by molar-refractivity contribution is -0.131. The number of rotatable bonds is 6. The second-order valence-electron chi connectivity index (χ2n) is 7.89. The summed E-state index contributed by atoms with van der Waals surface area (Å²) in [6.07, 6.45) is 0. The number of amides is 1. The fourth-order valence-electron chi connectivity index (χ4n) is 3.72. The lowest BCUT2D eigenvalue weighted by Crippen LogP contribution is -2.52. The zero-order valence-electron chi connectivity index (χ0n) is 18.7. The number of carbonyl (C=O) groups excluding carboxylic acids is 1. The van der Waals surface area contributed by atoms with Gasteiger partial charge in [-0.2, -0.15) is 8.99 Å². The van der Waals surface area contributed by atoms with E-state index in [1.807, 2.05) is 39.0 Å². The van der Waals surface area contributed by atoms with Crippen molar-refractivity contribution < 1.29 is 13.2 Å². The maximum Gasteiger partial charge on any atom is 0.243 e. The maximum atomic E-state index is 13.1. The highest BCUT2D eigenvalue weighted by atomic mass is 32.2. The summed E-state index contributed by atoms with van der Waals surface area (Å²) in [5, 5.41) is 12.2. The normalized spacial score (nSPS) is 16.0. The lowest BCUT2D eigenvalue weighted by atomic mass is 10.1. The lowest BCUT2D eigenvalue weighted by Gasteiger charge is -2.35. The number of nitrogens with zero attached hydrogens (tertiary/aromatic N) is 6. The molecule has 0 bridgehead atoms. The zero-order valence-corrected chi connectivity index (χ0v) is 20.4. The van der Waals surface area contributed by atoms with E-state index in [-0.39, 0.29) is 23.9 Å². The summed E-state index contributed by atoms with van der Waals surface area (Å²) in [6, 6.07) is 14.3. The van der Waals surface area contributed by atoms with Gasteiger partial charge >= 0.3 is 0 Å². The summed E-state index contributed by atoms with van der Waals surface area (Å²) in [6.45, 7) is 7.08. The van der Waals surface area contributed by atoms with Crippen LogP contribution in [-0.4, -0.2) is 75.2 Å². The first kappa shape index (κ1) is 23.4. The Kier molecular flexibility index (Phi) is 6.82. The first-order chi connectivity index (χ1) is 15.8. The van der Waals surface area contributed by atoms with Gasteiger partial charge in [0.2, 0.25) is 21.1 Å². The van der Waals surface area contributed by atoms with Gasteiger partial charge in [-0.05, 0) is 60.5 Å². The van der Waals surface area contributed by atoms with E-state index in [1.54, 1.807) is 39.9 Å². The van der Waals surface area contributed by atoms with Crippen molar-refractivity contribution in [2.75, 3.05) is 26.2 Å². The van der Waals surface area contributed by atoms with E-state index in [9.17, 15) is 13.2 Å². The Hall–Kier alpha value is -2.76. The minimum atomic E-state index is -3.56. The molecule has 11 heteroatoms. The third-order valence-electron chi connectivity index (χ3n) is 5.81.